The molecule has 1 heterocycles. The summed E-state index contributed by atoms with van der Waals surface area (Å²) in [6.07, 6.45) is 2.78. The minimum atomic E-state index is 0.737. The lowest BCUT2D eigenvalue weighted by atomic mass is 10.1. The molecule has 0 saturated carbocycles. The van der Waals surface area contributed by atoms with Gasteiger partial charge >= 0.3 is 0 Å². The molecule has 3 heteroatoms. The van der Waals surface area contributed by atoms with Crippen molar-refractivity contribution in [3.63, 3.8) is 0 Å². The summed E-state index contributed by atoms with van der Waals surface area (Å²) in [5.74, 6) is 0. The molecule has 66 valence electrons. The van der Waals surface area contributed by atoms with Gasteiger partial charge in [-0.1, -0.05) is 0 Å². The Bertz CT molecular complexity index is 471. The van der Waals surface area contributed by atoms with Gasteiger partial charge in [-0.15, -0.1) is 0 Å². The van der Waals surface area contributed by atoms with Gasteiger partial charge in [0.15, 0.2) is 0 Å². The number of hydrogen-bond donors (Lipinski definition) is 0. The maximum atomic E-state index is 10.7. The Morgan fingerprint density at radius 1 is 1.46 bits per heavy atom. The van der Waals surface area contributed by atoms with E-state index in [-0.39, 0.29) is 0 Å². The summed E-state index contributed by atoms with van der Waals surface area (Å²) in [5, 5.41) is 5.26. The number of nitrogens with zero attached hydrogens (tertiary/aromatic N) is 2. The molecule has 0 saturated heterocycles. The van der Waals surface area contributed by atoms with Gasteiger partial charge in [0, 0.05) is 24.2 Å². The van der Waals surface area contributed by atoms with E-state index in [9.17, 15) is 4.79 Å². The molecule has 1 aromatic heterocycles. The van der Waals surface area contributed by atoms with Gasteiger partial charge in [-0.2, -0.15) is 5.10 Å². The van der Waals surface area contributed by atoms with Crippen LogP contribution in [0.25, 0.3) is 10.9 Å². The highest BCUT2D eigenvalue weighted by atomic mass is 16.1. The third kappa shape index (κ3) is 1.22. The first kappa shape index (κ1) is 7.98. The standard InChI is InChI=1S/C10H10N2O/c1-7-3-10-8(4-9(7)6-13)5-12(2)11-10/h3-6H,1-2H3. The lowest BCUT2D eigenvalue weighted by molar-refractivity contribution is 0.112. The molecule has 0 aliphatic carbocycles. The van der Waals surface area contributed by atoms with Crippen molar-refractivity contribution >= 4 is 17.2 Å². The maximum Gasteiger partial charge on any atom is 0.150 e. The summed E-state index contributed by atoms with van der Waals surface area (Å²) < 4.78 is 1.75. The molecule has 2 aromatic rings. The Hall–Kier alpha value is -1.64. The summed E-state index contributed by atoms with van der Waals surface area (Å²) in [4.78, 5) is 10.7. The van der Waals surface area contributed by atoms with Gasteiger partial charge in [0.1, 0.15) is 6.29 Å². The molecular formula is C10H10N2O. The third-order valence-electron chi connectivity index (χ3n) is 2.13. The molecule has 0 radical (unpaired) electrons. The summed E-state index contributed by atoms with van der Waals surface area (Å²) in [6, 6.07) is 3.80. The Kier molecular flexibility index (Phi) is 1.65. The first-order valence-electron chi connectivity index (χ1n) is 4.10. The van der Waals surface area contributed by atoms with Crippen LogP contribution in [0.15, 0.2) is 18.3 Å². The Morgan fingerprint density at radius 3 is 2.92 bits per heavy atom. The van der Waals surface area contributed by atoms with E-state index in [0.717, 1.165) is 28.3 Å². The number of hydrogen-bond acceptors (Lipinski definition) is 2. The largest absolute Gasteiger partial charge is 0.298 e. The lowest BCUT2D eigenvalue weighted by Gasteiger charge is -1.95. The molecule has 0 aliphatic heterocycles. The third-order valence-corrected chi connectivity index (χ3v) is 2.13. The second-order valence-electron chi connectivity index (χ2n) is 3.19. The van der Waals surface area contributed by atoms with E-state index in [4.69, 9.17) is 0 Å². The van der Waals surface area contributed by atoms with Gasteiger partial charge in [-0.25, -0.2) is 0 Å². The predicted molar refractivity (Wildman–Crippen MR) is 50.8 cm³/mol. The summed E-state index contributed by atoms with van der Waals surface area (Å²) in [6.45, 7) is 1.91. The van der Waals surface area contributed by atoms with Crippen LogP contribution in [0.2, 0.25) is 0 Å². The van der Waals surface area contributed by atoms with E-state index in [1.54, 1.807) is 4.68 Å². The normalized spacial score (nSPS) is 10.6. The van der Waals surface area contributed by atoms with Crippen molar-refractivity contribution in [2.45, 2.75) is 6.92 Å². The van der Waals surface area contributed by atoms with Crippen molar-refractivity contribution in [3.8, 4) is 0 Å². The monoisotopic (exact) mass is 174 g/mol. The van der Waals surface area contributed by atoms with Crippen LogP contribution in [0.5, 0.6) is 0 Å². The number of aldehydes is 1. The molecule has 0 spiro atoms. The minimum absolute atomic E-state index is 0.737. The summed E-state index contributed by atoms with van der Waals surface area (Å²) in [5.41, 5.74) is 2.65. The molecule has 13 heavy (non-hydrogen) atoms. The smallest absolute Gasteiger partial charge is 0.150 e. The molecule has 0 unspecified atom stereocenters. The molecular weight excluding hydrogens is 164 g/mol. The van der Waals surface area contributed by atoms with Crippen molar-refractivity contribution < 1.29 is 4.79 Å². The first-order valence-corrected chi connectivity index (χ1v) is 4.10. The Morgan fingerprint density at radius 2 is 2.23 bits per heavy atom. The molecule has 0 bridgehead atoms. The average molecular weight is 174 g/mol. The van der Waals surface area contributed by atoms with Gasteiger partial charge in [0.05, 0.1) is 5.52 Å². The van der Waals surface area contributed by atoms with Crippen LogP contribution >= 0.6 is 0 Å². The zero-order chi connectivity index (χ0) is 9.42. The van der Waals surface area contributed by atoms with Crippen molar-refractivity contribution in [3.05, 3.63) is 29.5 Å². The van der Waals surface area contributed by atoms with Crippen LogP contribution in [0, 0.1) is 6.92 Å². The van der Waals surface area contributed by atoms with E-state index >= 15 is 0 Å². The van der Waals surface area contributed by atoms with Crippen molar-refractivity contribution in [2.75, 3.05) is 0 Å². The second kappa shape index (κ2) is 2.69. The minimum Gasteiger partial charge on any atom is -0.298 e. The quantitative estimate of drug-likeness (QED) is 0.617. The molecule has 2 rings (SSSR count). The van der Waals surface area contributed by atoms with E-state index in [2.05, 4.69) is 5.10 Å². The average Bonchev–Trinajstić information content (AvgIpc) is 2.42. The van der Waals surface area contributed by atoms with Crippen LogP contribution < -0.4 is 0 Å². The van der Waals surface area contributed by atoms with Crippen molar-refractivity contribution in [1.29, 1.82) is 0 Å². The van der Waals surface area contributed by atoms with Gasteiger partial charge in [0.2, 0.25) is 0 Å². The fourth-order valence-electron chi connectivity index (χ4n) is 1.44. The number of rotatable bonds is 1. The number of aromatic nitrogens is 2. The van der Waals surface area contributed by atoms with Crippen LogP contribution in [0.3, 0.4) is 0 Å². The number of carbonyl (C=O) groups excluding carboxylic acids is 1. The molecule has 0 aliphatic rings. The summed E-state index contributed by atoms with van der Waals surface area (Å²) >= 11 is 0. The molecule has 0 fully saturated rings. The highest BCUT2D eigenvalue weighted by Crippen LogP contribution is 2.16. The van der Waals surface area contributed by atoms with E-state index < -0.39 is 0 Å². The van der Waals surface area contributed by atoms with Crippen LogP contribution in [-0.2, 0) is 7.05 Å². The Balaban J connectivity index is 2.79. The topological polar surface area (TPSA) is 34.9 Å². The van der Waals surface area contributed by atoms with E-state index in [1.807, 2.05) is 32.3 Å². The number of benzene rings is 1. The number of carbonyl (C=O) groups is 1. The van der Waals surface area contributed by atoms with Gasteiger partial charge < -0.3 is 0 Å². The van der Waals surface area contributed by atoms with Crippen molar-refractivity contribution in [2.24, 2.45) is 7.05 Å². The van der Waals surface area contributed by atoms with Gasteiger partial charge in [-0.05, 0) is 24.6 Å². The molecule has 1 aromatic carbocycles. The highest BCUT2D eigenvalue weighted by Gasteiger charge is 2.02. The zero-order valence-electron chi connectivity index (χ0n) is 7.61. The predicted octanol–water partition coefficient (Wildman–Crippen LogP) is 1.69. The molecule has 3 nitrogen and oxygen atoms in total. The van der Waals surface area contributed by atoms with Crippen LogP contribution in [0.4, 0.5) is 0 Å². The lowest BCUT2D eigenvalue weighted by Crippen LogP contribution is -1.86. The Labute approximate surface area is 76.0 Å². The molecule has 0 N–H and O–H groups in total. The van der Waals surface area contributed by atoms with Gasteiger partial charge in [0.25, 0.3) is 0 Å². The fourth-order valence-corrected chi connectivity index (χ4v) is 1.44. The highest BCUT2D eigenvalue weighted by molar-refractivity contribution is 5.88. The van der Waals surface area contributed by atoms with Crippen LogP contribution in [-0.4, -0.2) is 16.1 Å². The fraction of sp³-hybridized carbons (Fsp3) is 0.200. The summed E-state index contributed by atoms with van der Waals surface area (Å²) in [7, 11) is 1.87. The van der Waals surface area contributed by atoms with E-state index in [1.165, 1.54) is 0 Å². The number of fused-ring (bicyclic) bond motifs is 1. The second-order valence-corrected chi connectivity index (χ2v) is 3.19. The number of aryl methyl sites for hydroxylation is 2. The van der Waals surface area contributed by atoms with Crippen molar-refractivity contribution in [1.82, 2.24) is 9.78 Å². The molecule has 0 amide bonds. The van der Waals surface area contributed by atoms with Crippen LogP contribution in [0.1, 0.15) is 15.9 Å². The zero-order valence-corrected chi connectivity index (χ0v) is 7.61. The molecule has 0 atom stereocenters. The van der Waals surface area contributed by atoms with E-state index in [0.29, 0.717) is 0 Å². The van der Waals surface area contributed by atoms with Gasteiger partial charge in [-0.3, -0.25) is 9.48 Å². The first-order chi connectivity index (χ1) is 6.20. The SMILES string of the molecule is Cc1cc2nn(C)cc2cc1C=O. The maximum absolute atomic E-state index is 10.7.